The largest absolute Gasteiger partial charge is 0.378 e. The lowest BCUT2D eigenvalue weighted by Gasteiger charge is -2.08. The van der Waals surface area contributed by atoms with Gasteiger partial charge in [0, 0.05) is 38.0 Å². The van der Waals surface area contributed by atoms with Gasteiger partial charge in [-0.1, -0.05) is 18.2 Å². The van der Waals surface area contributed by atoms with E-state index < -0.39 is 4.92 Å². The average molecular weight is 314 g/mol. The molecular formula is C16H18N4O3. The summed E-state index contributed by atoms with van der Waals surface area (Å²) in [5.74, 6) is -0.0572. The summed E-state index contributed by atoms with van der Waals surface area (Å²) in [6, 6.07) is 10.2. The lowest BCUT2D eigenvalue weighted by molar-refractivity contribution is -0.384. The number of hydrogen-bond donors (Lipinski definition) is 2. The summed E-state index contributed by atoms with van der Waals surface area (Å²) in [7, 11) is 0. The van der Waals surface area contributed by atoms with E-state index in [0.717, 1.165) is 5.56 Å². The highest BCUT2D eigenvalue weighted by molar-refractivity contribution is 5.76. The van der Waals surface area contributed by atoms with Crippen molar-refractivity contribution in [1.82, 2.24) is 10.3 Å². The molecule has 1 heterocycles. The van der Waals surface area contributed by atoms with E-state index in [2.05, 4.69) is 15.6 Å². The Kier molecular flexibility index (Phi) is 6.05. The molecule has 1 amide bonds. The van der Waals surface area contributed by atoms with E-state index in [0.29, 0.717) is 31.6 Å². The minimum atomic E-state index is -0.436. The third kappa shape index (κ3) is 5.39. The van der Waals surface area contributed by atoms with Crippen molar-refractivity contribution in [3.05, 3.63) is 64.5 Å². The Bertz CT molecular complexity index is 661. The fraction of sp³-hybridized carbons (Fsp3) is 0.250. The number of carbonyl (C=O) groups is 1. The van der Waals surface area contributed by atoms with E-state index in [1.165, 1.54) is 6.07 Å². The Morgan fingerprint density at radius 1 is 1.17 bits per heavy atom. The van der Waals surface area contributed by atoms with Crippen molar-refractivity contribution in [3.63, 3.8) is 0 Å². The SMILES string of the molecule is O=C(CCc1cccnc1)NCCNc1ccccc1[N+](=O)[O-]. The van der Waals surface area contributed by atoms with Gasteiger partial charge in [0.2, 0.25) is 5.91 Å². The molecule has 0 atom stereocenters. The molecular weight excluding hydrogens is 296 g/mol. The summed E-state index contributed by atoms with van der Waals surface area (Å²) in [5, 5.41) is 16.6. The monoisotopic (exact) mass is 314 g/mol. The zero-order valence-corrected chi connectivity index (χ0v) is 12.6. The maximum absolute atomic E-state index is 11.7. The molecule has 0 aliphatic carbocycles. The predicted molar refractivity (Wildman–Crippen MR) is 87.2 cm³/mol. The van der Waals surface area contributed by atoms with Gasteiger partial charge in [-0.3, -0.25) is 19.9 Å². The van der Waals surface area contributed by atoms with Gasteiger partial charge in [-0.25, -0.2) is 0 Å². The molecule has 23 heavy (non-hydrogen) atoms. The lowest BCUT2D eigenvalue weighted by atomic mass is 10.1. The third-order valence-electron chi connectivity index (χ3n) is 3.23. The molecule has 0 saturated carbocycles. The van der Waals surface area contributed by atoms with E-state index in [1.54, 1.807) is 30.6 Å². The number of amides is 1. The number of nitrogens with zero attached hydrogens (tertiary/aromatic N) is 2. The number of rotatable bonds is 8. The van der Waals surface area contributed by atoms with Gasteiger partial charge in [0.05, 0.1) is 4.92 Å². The number of nitro benzene ring substituents is 1. The number of carbonyl (C=O) groups excluding carboxylic acids is 1. The summed E-state index contributed by atoms with van der Waals surface area (Å²) in [5.41, 5.74) is 1.48. The highest BCUT2D eigenvalue weighted by atomic mass is 16.6. The van der Waals surface area contributed by atoms with Crippen LogP contribution in [0, 0.1) is 10.1 Å². The number of aromatic nitrogens is 1. The molecule has 0 aliphatic heterocycles. The second-order valence-electron chi connectivity index (χ2n) is 4.91. The van der Waals surface area contributed by atoms with Gasteiger partial charge < -0.3 is 10.6 Å². The molecule has 120 valence electrons. The zero-order chi connectivity index (χ0) is 16.5. The standard InChI is InChI=1S/C16H18N4O3/c21-16(8-7-13-4-3-9-17-12-13)19-11-10-18-14-5-1-2-6-15(14)20(22)23/h1-6,9,12,18H,7-8,10-11H2,(H,19,21). The van der Waals surface area contributed by atoms with Gasteiger partial charge in [0.1, 0.15) is 5.69 Å². The van der Waals surface area contributed by atoms with E-state index in [4.69, 9.17) is 0 Å². The number of anilines is 1. The lowest BCUT2D eigenvalue weighted by Crippen LogP contribution is -2.29. The van der Waals surface area contributed by atoms with Gasteiger partial charge in [0.15, 0.2) is 0 Å². The summed E-state index contributed by atoms with van der Waals surface area (Å²) in [4.78, 5) is 26.2. The molecule has 0 saturated heterocycles. The molecule has 2 aromatic rings. The number of nitro groups is 1. The molecule has 0 fully saturated rings. The molecule has 7 heteroatoms. The van der Waals surface area contributed by atoms with Crippen LogP contribution in [0.3, 0.4) is 0 Å². The van der Waals surface area contributed by atoms with Gasteiger partial charge in [-0.2, -0.15) is 0 Å². The summed E-state index contributed by atoms with van der Waals surface area (Å²) in [6.45, 7) is 0.821. The number of nitrogens with one attached hydrogen (secondary N) is 2. The normalized spacial score (nSPS) is 10.1. The van der Waals surface area contributed by atoms with Crippen molar-refractivity contribution in [1.29, 1.82) is 0 Å². The first kappa shape index (κ1) is 16.4. The summed E-state index contributed by atoms with van der Waals surface area (Å²) in [6.07, 6.45) is 4.45. The summed E-state index contributed by atoms with van der Waals surface area (Å²) >= 11 is 0. The van der Waals surface area contributed by atoms with Crippen molar-refractivity contribution in [2.45, 2.75) is 12.8 Å². The van der Waals surface area contributed by atoms with E-state index in [1.807, 2.05) is 12.1 Å². The minimum absolute atomic E-state index is 0.0235. The van der Waals surface area contributed by atoms with Crippen LogP contribution in [0.2, 0.25) is 0 Å². The number of benzene rings is 1. The first-order chi connectivity index (χ1) is 11.2. The molecule has 7 nitrogen and oxygen atoms in total. The number of hydrogen-bond acceptors (Lipinski definition) is 5. The highest BCUT2D eigenvalue weighted by Gasteiger charge is 2.11. The van der Waals surface area contributed by atoms with Crippen LogP contribution in [0.1, 0.15) is 12.0 Å². The average Bonchev–Trinajstić information content (AvgIpc) is 2.58. The molecule has 0 aliphatic rings. The maximum Gasteiger partial charge on any atom is 0.292 e. The number of pyridine rings is 1. The summed E-state index contributed by atoms with van der Waals surface area (Å²) < 4.78 is 0. The molecule has 0 bridgehead atoms. The van der Waals surface area contributed by atoms with E-state index in [9.17, 15) is 14.9 Å². The van der Waals surface area contributed by atoms with Gasteiger partial charge in [-0.05, 0) is 24.1 Å². The van der Waals surface area contributed by atoms with E-state index >= 15 is 0 Å². The van der Waals surface area contributed by atoms with Crippen LogP contribution in [0.15, 0.2) is 48.8 Å². The van der Waals surface area contributed by atoms with Crippen LogP contribution in [-0.2, 0) is 11.2 Å². The third-order valence-corrected chi connectivity index (χ3v) is 3.23. The van der Waals surface area contributed by atoms with Crippen molar-refractivity contribution in [2.24, 2.45) is 0 Å². The molecule has 1 aromatic heterocycles. The second kappa shape index (κ2) is 8.47. The fourth-order valence-corrected chi connectivity index (χ4v) is 2.07. The molecule has 2 rings (SSSR count). The molecule has 0 spiro atoms. The Hall–Kier alpha value is -2.96. The van der Waals surface area contributed by atoms with Crippen LogP contribution >= 0.6 is 0 Å². The topological polar surface area (TPSA) is 97.2 Å². The fourth-order valence-electron chi connectivity index (χ4n) is 2.07. The van der Waals surface area contributed by atoms with Crippen LogP contribution < -0.4 is 10.6 Å². The van der Waals surface area contributed by atoms with Crippen molar-refractivity contribution < 1.29 is 9.72 Å². The smallest absolute Gasteiger partial charge is 0.292 e. The van der Waals surface area contributed by atoms with Crippen LogP contribution in [0.5, 0.6) is 0 Å². The Morgan fingerprint density at radius 2 is 2.00 bits per heavy atom. The quantitative estimate of drug-likeness (QED) is 0.442. The molecule has 1 aromatic carbocycles. The van der Waals surface area contributed by atoms with Crippen LogP contribution in [-0.4, -0.2) is 28.9 Å². The van der Waals surface area contributed by atoms with Crippen molar-refractivity contribution in [2.75, 3.05) is 18.4 Å². The molecule has 0 radical (unpaired) electrons. The molecule has 2 N–H and O–H groups in total. The predicted octanol–water partition coefficient (Wildman–Crippen LogP) is 2.15. The first-order valence-corrected chi connectivity index (χ1v) is 7.29. The second-order valence-corrected chi connectivity index (χ2v) is 4.91. The van der Waals surface area contributed by atoms with Crippen LogP contribution in [0.4, 0.5) is 11.4 Å². The van der Waals surface area contributed by atoms with Gasteiger partial charge >= 0.3 is 0 Å². The van der Waals surface area contributed by atoms with Crippen molar-refractivity contribution in [3.8, 4) is 0 Å². The van der Waals surface area contributed by atoms with Crippen LogP contribution in [0.25, 0.3) is 0 Å². The zero-order valence-electron chi connectivity index (χ0n) is 12.6. The van der Waals surface area contributed by atoms with Crippen molar-refractivity contribution >= 4 is 17.3 Å². The minimum Gasteiger partial charge on any atom is -0.378 e. The molecule has 0 unspecified atom stereocenters. The number of para-hydroxylation sites is 2. The highest BCUT2D eigenvalue weighted by Crippen LogP contribution is 2.22. The maximum atomic E-state index is 11.7. The first-order valence-electron chi connectivity index (χ1n) is 7.29. The Morgan fingerprint density at radius 3 is 2.74 bits per heavy atom. The van der Waals surface area contributed by atoms with E-state index in [-0.39, 0.29) is 11.6 Å². The number of aryl methyl sites for hydroxylation is 1. The Labute approximate surface area is 133 Å². The van der Waals surface area contributed by atoms with Gasteiger partial charge in [0.25, 0.3) is 5.69 Å². The van der Waals surface area contributed by atoms with Gasteiger partial charge in [-0.15, -0.1) is 0 Å². The Balaban J connectivity index is 1.69.